The number of ether oxygens (including phenoxy) is 1. The SMILES string of the molecule is NC(=O)CCN(C(=O)COC(=O)/C=C\c1cccc2cccnc12)c1ccccc1. The van der Waals surface area contributed by atoms with Crippen LogP contribution in [0, 0.1) is 0 Å². The zero-order valence-corrected chi connectivity index (χ0v) is 16.2. The Morgan fingerprint density at radius 3 is 2.53 bits per heavy atom. The van der Waals surface area contributed by atoms with Crippen LogP contribution in [0.5, 0.6) is 0 Å². The highest BCUT2D eigenvalue weighted by molar-refractivity contribution is 5.97. The summed E-state index contributed by atoms with van der Waals surface area (Å²) in [5, 5.41) is 0.955. The molecule has 1 aromatic heterocycles. The second-order valence-corrected chi connectivity index (χ2v) is 6.46. The number of pyridine rings is 1. The Kier molecular flexibility index (Phi) is 6.89. The molecule has 0 saturated carbocycles. The standard InChI is InChI=1S/C23H21N3O4/c24-20(27)13-15-26(19-9-2-1-3-10-19)21(28)16-30-22(29)12-11-18-7-4-6-17-8-5-14-25-23(17)18/h1-12,14H,13,15-16H2,(H2,24,27)/b12-11-. The van der Waals surface area contributed by atoms with Gasteiger partial charge >= 0.3 is 5.97 Å². The van der Waals surface area contributed by atoms with Crippen LogP contribution in [0.4, 0.5) is 5.69 Å². The van der Waals surface area contributed by atoms with Gasteiger partial charge in [0.25, 0.3) is 5.91 Å². The predicted molar refractivity (Wildman–Crippen MR) is 114 cm³/mol. The highest BCUT2D eigenvalue weighted by atomic mass is 16.5. The fraction of sp³-hybridized carbons (Fsp3) is 0.130. The van der Waals surface area contributed by atoms with Crippen molar-refractivity contribution in [2.45, 2.75) is 6.42 Å². The van der Waals surface area contributed by atoms with E-state index in [1.54, 1.807) is 36.5 Å². The summed E-state index contributed by atoms with van der Waals surface area (Å²) >= 11 is 0. The van der Waals surface area contributed by atoms with Crippen LogP contribution in [0.3, 0.4) is 0 Å². The summed E-state index contributed by atoms with van der Waals surface area (Å²) in [6, 6.07) is 18.2. The Morgan fingerprint density at radius 2 is 1.77 bits per heavy atom. The van der Waals surface area contributed by atoms with Gasteiger partial charge in [-0.3, -0.25) is 14.6 Å². The van der Waals surface area contributed by atoms with E-state index in [1.807, 2.05) is 36.4 Å². The zero-order valence-electron chi connectivity index (χ0n) is 16.2. The van der Waals surface area contributed by atoms with Gasteiger partial charge in [-0.1, -0.05) is 42.5 Å². The Balaban J connectivity index is 1.64. The van der Waals surface area contributed by atoms with E-state index in [9.17, 15) is 14.4 Å². The molecule has 0 aliphatic heterocycles. The lowest BCUT2D eigenvalue weighted by Crippen LogP contribution is -2.37. The monoisotopic (exact) mass is 403 g/mol. The van der Waals surface area contributed by atoms with Crippen LogP contribution in [0.2, 0.25) is 0 Å². The minimum atomic E-state index is -0.654. The van der Waals surface area contributed by atoms with E-state index in [4.69, 9.17) is 10.5 Å². The number of esters is 1. The second kappa shape index (κ2) is 9.97. The maximum atomic E-state index is 12.6. The van der Waals surface area contributed by atoms with Gasteiger partial charge in [-0.25, -0.2) is 4.79 Å². The number of aromatic nitrogens is 1. The number of carbonyl (C=O) groups is 3. The summed E-state index contributed by atoms with van der Waals surface area (Å²) in [5.74, 6) is -1.62. The molecule has 7 nitrogen and oxygen atoms in total. The number of hydrogen-bond donors (Lipinski definition) is 1. The molecule has 2 aromatic carbocycles. The van der Waals surface area contributed by atoms with Crippen LogP contribution in [0.15, 0.2) is 72.9 Å². The fourth-order valence-electron chi connectivity index (χ4n) is 2.91. The lowest BCUT2D eigenvalue weighted by Gasteiger charge is -2.22. The highest BCUT2D eigenvalue weighted by Crippen LogP contribution is 2.17. The van der Waals surface area contributed by atoms with E-state index < -0.39 is 24.4 Å². The maximum absolute atomic E-state index is 12.6. The Bertz CT molecular complexity index is 1070. The van der Waals surface area contributed by atoms with E-state index in [0.29, 0.717) is 5.69 Å². The van der Waals surface area contributed by atoms with E-state index in [-0.39, 0.29) is 13.0 Å². The van der Waals surface area contributed by atoms with Crippen LogP contribution in [-0.4, -0.2) is 35.9 Å². The number of hydrogen-bond acceptors (Lipinski definition) is 5. The molecule has 30 heavy (non-hydrogen) atoms. The lowest BCUT2D eigenvalue weighted by molar-refractivity contribution is -0.143. The number of nitrogens with zero attached hydrogens (tertiary/aromatic N) is 2. The molecule has 2 N–H and O–H groups in total. The van der Waals surface area contributed by atoms with Gasteiger partial charge in [0.2, 0.25) is 5.91 Å². The third-order valence-corrected chi connectivity index (χ3v) is 4.35. The molecule has 0 unspecified atom stereocenters. The maximum Gasteiger partial charge on any atom is 0.331 e. The number of benzene rings is 2. The number of rotatable bonds is 8. The van der Waals surface area contributed by atoms with Crippen molar-refractivity contribution in [3.05, 3.63) is 78.5 Å². The predicted octanol–water partition coefficient (Wildman–Crippen LogP) is 2.70. The van der Waals surface area contributed by atoms with Gasteiger partial charge in [-0.15, -0.1) is 0 Å². The first-order valence-corrected chi connectivity index (χ1v) is 9.37. The third kappa shape index (κ3) is 5.51. The van der Waals surface area contributed by atoms with Crippen molar-refractivity contribution in [2.75, 3.05) is 18.1 Å². The first-order chi connectivity index (χ1) is 14.5. The number of fused-ring (bicyclic) bond motifs is 1. The molecule has 0 fully saturated rings. The molecular weight excluding hydrogens is 382 g/mol. The number of para-hydroxylation sites is 2. The van der Waals surface area contributed by atoms with Crippen LogP contribution in [0.1, 0.15) is 12.0 Å². The molecule has 0 radical (unpaired) electrons. The van der Waals surface area contributed by atoms with Crippen LogP contribution in [-0.2, 0) is 19.1 Å². The Morgan fingerprint density at radius 1 is 1.00 bits per heavy atom. The van der Waals surface area contributed by atoms with Crippen LogP contribution in [0.25, 0.3) is 17.0 Å². The van der Waals surface area contributed by atoms with Crippen molar-refractivity contribution in [1.82, 2.24) is 4.98 Å². The van der Waals surface area contributed by atoms with Gasteiger partial charge in [0, 0.05) is 41.9 Å². The molecule has 1 heterocycles. The molecule has 2 amide bonds. The normalized spacial score (nSPS) is 10.8. The topological polar surface area (TPSA) is 103 Å². The quantitative estimate of drug-likeness (QED) is 0.460. The molecule has 0 spiro atoms. The third-order valence-electron chi connectivity index (χ3n) is 4.35. The molecule has 3 aromatic rings. The number of primary amides is 1. The summed E-state index contributed by atoms with van der Waals surface area (Å²) in [6.07, 6.45) is 4.54. The number of nitrogens with two attached hydrogens (primary N) is 1. The van der Waals surface area contributed by atoms with Crippen molar-refractivity contribution in [2.24, 2.45) is 5.73 Å². The van der Waals surface area contributed by atoms with Gasteiger partial charge < -0.3 is 15.4 Å². The molecule has 0 atom stereocenters. The van der Waals surface area contributed by atoms with Gasteiger partial charge in [0.05, 0.1) is 5.52 Å². The molecule has 7 heteroatoms. The molecule has 0 bridgehead atoms. The number of anilines is 1. The van der Waals surface area contributed by atoms with Gasteiger partial charge in [0.15, 0.2) is 6.61 Å². The lowest BCUT2D eigenvalue weighted by atomic mass is 10.1. The first-order valence-electron chi connectivity index (χ1n) is 9.37. The molecule has 0 aliphatic carbocycles. The second-order valence-electron chi connectivity index (χ2n) is 6.46. The molecular formula is C23H21N3O4. The average Bonchev–Trinajstić information content (AvgIpc) is 2.77. The van der Waals surface area contributed by atoms with Crippen molar-refractivity contribution in [1.29, 1.82) is 0 Å². The number of amides is 2. The number of carbonyl (C=O) groups excluding carboxylic acids is 3. The van der Waals surface area contributed by atoms with Crippen molar-refractivity contribution in [3.63, 3.8) is 0 Å². The molecule has 0 aliphatic rings. The van der Waals surface area contributed by atoms with E-state index >= 15 is 0 Å². The van der Waals surface area contributed by atoms with Gasteiger partial charge in [-0.2, -0.15) is 0 Å². The molecule has 0 saturated heterocycles. The van der Waals surface area contributed by atoms with Gasteiger partial charge in [-0.05, 0) is 24.3 Å². The smallest absolute Gasteiger partial charge is 0.331 e. The van der Waals surface area contributed by atoms with Gasteiger partial charge in [0.1, 0.15) is 0 Å². The fourth-order valence-corrected chi connectivity index (χ4v) is 2.91. The molecule has 3 rings (SSSR count). The van der Waals surface area contributed by atoms with E-state index in [1.165, 1.54) is 11.0 Å². The van der Waals surface area contributed by atoms with Crippen LogP contribution < -0.4 is 10.6 Å². The summed E-state index contributed by atoms with van der Waals surface area (Å²) in [6.45, 7) is -0.349. The van der Waals surface area contributed by atoms with Crippen molar-refractivity contribution < 1.29 is 19.1 Å². The highest BCUT2D eigenvalue weighted by Gasteiger charge is 2.17. The average molecular weight is 403 g/mol. The molecule has 152 valence electrons. The minimum absolute atomic E-state index is 0.00254. The first kappa shape index (κ1) is 20.7. The van der Waals surface area contributed by atoms with Crippen LogP contribution >= 0.6 is 0 Å². The Hall–Kier alpha value is -4.00. The minimum Gasteiger partial charge on any atom is -0.452 e. The zero-order chi connectivity index (χ0) is 21.3. The summed E-state index contributed by atoms with van der Waals surface area (Å²) < 4.78 is 5.09. The van der Waals surface area contributed by atoms with Crippen molar-refractivity contribution in [3.8, 4) is 0 Å². The van der Waals surface area contributed by atoms with E-state index in [0.717, 1.165) is 16.5 Å². The summed E-state index contributed by atoms with van der Waals surface area (Å²) in [5.41, 5.74) is 7.33. The Labute approximate surface area is 173 Å². The summed E-state index contributed by atoms with van der Waals surface area (Å²) in [4.78, 5) is 41.5. The summed E-state index contributed by atoms with van der Waals surface area (Å²) in [7, 11) is 0. The van der Waals surface area contributed by atoms with Crippen molar-refractivity contribution >= 4 is 40.4 Å². The van der Waals surface area contributed by atoms with E-state index in [2.05, 4.69) is 4.98 Å². The largest absolute Gasteiger partial charge is 0.452 e.